The number of thioether (sulfide) groups is 1. The number of para-hydroxylation sites is 1. The van der Waals surface area contributed by atoms with E-state index in [0.29, 0.717) is 5.69 Å². The Bertz CT molecular complexity index is 1550. The summed E-state index contributed by atoms with van der Waals surface area (Å²) in [6.45, 7) is 4.68. The molecule has 1 aliphatic rings. The van der Waals surface area contributed by atoms with Gasteiger partial charge in [0.05, 0.1) is 5.69 Å². The average molecular weight is 546 g/mol. The van der Waals surface area contributed by atoms with E-state index >= 15 is 0 Å². The quantitative estimate of drug-likeness (QED) is 0.129. The molecular formula is C29H24ClN3O2S2. The van der Waals surface area contributed by atoms with Gasteiger partial charge in [-0.15, -0.1) is 11.8 Å². The Morgan fingerprint density at radius 3 is 2.43 bits per heavy atom. The molecule has 1 saturated heterocycles. The summed E-state index contributed by atoms with van der Waals surface area (Å²) in [6, 6.07) is 21.6. The summed E-state index contributed by atoms with van der Waals surface area (Å²) in [5.74, 6) is -0.0792. The fourth-order valence-corrected chi connectivity index (χ4v) is 5.75. The van der Waals surface area contributed by atoms with Gasteiger partial charge in [0.1, 0.15) is 5.57 Å². The standard InChI is InChI=1S/C29H24ClN3O2S2/c1-18-13-19(2)15-22(14-18)33-28(35)25(27(34)31-29(33)36)16-20-17-32(26-6-4-3-5-24(20)26)11-12-37-23-9-7-21(30)8-10-23/h3-10,13-17H,11-12H2,1-2H3,(H,31,34,36)/b25-16+. The number of hydrogen-bond acceptors (Lipinski definition) is 4. The molecule has 0 radical (unpaired) electrons. The number of amides is 2. The minimum absolute atomic E-state index is 0.0474. The largest absolute Gasteiger partial charge is 0.346 e. The molecule has 2 heterocycles. The molecular weight excluding hydrogens is 522 g/mol. The lowest BCUT2D eigenvalue weighted by Gasteiger charge is -2.29. The fraction of sp³-hybridized carbons (Fsp3) is 0.138. The summed E-state index contributed by atoms with van der Waals surface area (Å²) in [6.07, 6.45) is 3.66. The van der Waals surface area contributed by atoms with Crippen LogP contribution in [-0.2, 0) is 16.1 Å². The number of aryl methyl sites for hydroxylation is 3. The van der Waals surface area contributed by atoms with E-state index in [9.17, 15) is 9.59 Å². The zero-order chi connectivity index (χ0) is 26.1. The monoisotopic (exact) mass is 545 g/mol. The number of nitrogens with one attached hydrogen (secondary N) is 1. The molecule has 8 heteroatoms. The minimum atomic E-state index is -0.495. The van der Waals surface area contributed by atoms with Crippen LogP contribution in [0.4, 0.5) is 5.69 Å². The van der Waals surface area contributed by atoms with Crippen LogP contribution in [0.5, 0.6) is 0 Å². The molecule has 4 aromatic rings. The molecule has 37 heavy (non-hydrogen) atoms. The summed E-state index contributed by atoms with van der Waals surface area (Å²) in [7, 11) is 0. The number of halogens is 1. The van der Waals surface area contributed by atoms with Crippen molar-refractivity contribution >= 4 is 75.2 Å². The molecule has 0 bridgehead atoms. The Morgan fingerprint density at radius 2 is 1.70 bits per heavy atom. The first-order chi connectivity index (χ1) is 17.8. The maximum atomic E-state index is 13.6. The van der Waals surface area contributed by atoms with Crippen molar-refractivity contribution in [3.63, 3.8) is 0 Å². The van der Waals surface area contributed by atoms with Gasteiger partial charge in [0, 0.05) is 44.9 Å². The number of rotatable bonds is 6. The number of fused-ring (bicyclic) bond motifs is 1. The van der Waals surface area contributed by atoms with Crippen LogP contribution in [0, 0.1) is 13.8 Å². The predicted molar refractivity (Wildman–Crippen MR) is 156 cm³/mol. The maximum absolute atomic E-state index is 13.6. The molecule has 1 N–H and O–H groups in total. The second-order valence-electron chi connectivity index (χ2n) is 8.90. The highest BCUT2D eigenvalue weighted by molar-refractivity contribution is 7.99. The molecule has 1 fully saturated rings. The Morgan fingerprint density at radius 1 is 1.00 bits per heavy atom. The highest BCUT2D eigenvalue weighted by atomic mass is 35.5. The van der Waals surface area contributed by atoms with Crippen molar-refractivity contribution < 1.29 is 9.59 Å². The van der Waals surface area contributed by atoms with Gasteiger partial charge in [0.25, 0.3) is 11.8 Å². The van der Waals surface area contributed by atoms with E-state index in [0.717, 1.165) is 49.8 Å². The van der Waals surface area contributed by atoms with E-state index in [-0.39, 0.29) is 10.7 Å². The Kier molecular flexibility index (Phi) is 7.20. The van der Waals surface area contributed by atoms with Gasteiger partial charge in [0.2, 0.25) is 0 Å². The van der Waals surface area contributed by atoms with Crippen LogP contribution in [0.1, 0.15) is 16.7 Å². The number of hydrogen-bond donors (Lipinski definition) is 1. The van der Waals surface area contributed by atoms with Crippen LogP contribution in [0.3, 0.4) is 0 Å². The number of nitrogens with zero attached hydrogens (tertiary/aromatic N) is 2. The summed E-state index contributed by atoms with van der Waals surface area (Å²) < 4.78 is 2.15. The Balaban J connectivity index is 1.46. The molecule has 3 aromatic carbocycles. The van der Waals surface area contributed by atoms with E-state index in [1.807, 2.05) is 86.8 Å². The van der Waals surface area contributed by atoms with E-state index in [4.69, 9.17) is 23.8 Å². The molecule has 5 nitrogen and oxygen atoms in total. The molecule has 1 aromatic heterocycles. The van der Waals surface area contributed by atoms with Crippen LogP contribution in [-0.4, -0.2) is 27.2 Å². The van der Waals surface area contributed by atoms with Gasteiger partial charge >= 0.3 is 0 Å². The first-order valence-corrected chi connectivity index (χ1v) is 13.5. The van der Waals surface area contributed by atoms with Crippen molar-refractivity contribution in [1.82, 2.24) is 9.88 Å². The van der Waals surface area contributed by atoms with Crippen LogP contribution in [0.2, 0.25) is 5.02 Å². The topological polar surface area (TPSA) is 54.3 Å². The zero-order valence-electron chi connectivity index (χ0n) is 20.3. The summed E-state index contributed by atoms with van der Waals surface area (Å²) in [4.78, 5) is 29.0. The van der Waals surface area contributed by atoms with E-state index in [2.05, 4.69) is 9.88 Å². The normalized spacial score (nSPS) is 15.1. The second kappa shape index (κ2) is 10.5. The van der Waals surface area contributed by atoms with Crippen molar-refractivity contribution in [3.05, 3.63) is 100 Å². The van der Waals surface area contributed by atoms with Gasteiger partial charge < -0.3 is 4.57 Å². The van der Waals surface area contributed by atoms with Crippen molar-refractivity contribution in [3.8, 4) is 0 Å². The smallest absolute Gasteiger partial charge is 0.270 e. The third kappa shape index (κ3) is 5.34. The molecule has 0 saturated carbocycles. The van der Waals surface area contributed by atoms with Crippen molar-refractivity contribution in [2.24, 2.45) is 0 Å². The predicted octanol–water partition coefficient (Wildman–Crippen LogP) is 6.54. The van der Waals surface area contributed by atoms with Crippen LogP contribution >= 0.6 is 35.6 Å². The lowest BCUT2D eigenvalue weighted by Crippen LogP contribution is -2.54. The number of aromatic nitrogens is 1. The molecule has 0 atom stereocenters. The first-order valence-electron chi connectivity index (χ1n) is 11.8. The van der Waals surface area contributed by atoms with Gasteiger partial charge in [-0.05, 0) is 85.7 Å². The summed E-state index contributed by atoms with van der Waals surface area (Å²) in [5, 5.41) is 4.46. The molecule has 5 rings (SSSR count). The number of carbonyl (C=O) groups is 2. The van der Waals surface area contributed by atoms with E-state index in [1.54, 1.807) is 17.8 Å². The number of thiocarbonyl (C=S) groups is 1. The Hall–Kier alpha value is -3.39. The SMILES string of the molecule is Cc1cc(C)cc(N2C(=O)/C(=C/c3cn(CCSc4ccc(Cl)cc4)c4ccccc34)C(=O)NC2=S)c1. The van der Waals surface area contributed by atoms with Crippen molar-refractivity contribution in [2.45, 2.75) is 25.3 Å². The van der Waals surface area contributed by atoms with Crippen molar-refractivity contribution in [1.29, 1.82) is 0 Å². The molecule has 0 unspecified atom stereocenters. The minimum Gasteiger partial charge on any atom is -0.346 e. The summed E-state index contributed by atoms with van der Waals surface area (Å²) >= 11 is 13.1. The van der Waals surface area contributed by atoms with Crippen LogP contribution in [0.25, 0.3) is 17.0 Å². The van der Waals surface area contributed by atoms with Gasteiger partial charge in [-0.3, -0.25) is 19.8 Å². The average Bonchev–Trinajstić information content (AvgIpc) is 3.20. The number of benzene rings is 3. The number of carbonyl (C=O) groups excluding carboxylic acids is 2. The second-order valence-corrected chi connectivity index (χ2v) is 10.9. The molecule has 0 aliphatic carbocycles. The van der Waals surface area contributed by atoms with Gasteiger partial charge in [0.15, 0.2) is 5.11 Å². The summed E-state index contributed by atoms with van der Waals surface area (Å²) in [5.41, 5.74) is 4.54. The lowest BCUT2D eigenvalue weighted by molar-refractivity contribution is -0.122. The Labute approximate surface area is 230 Å². The van der Waals surface area contributed by atoms with Gasteiger partial charge in [-0.25, -0.2) is 0 Å². The maximum Gasteiger partial charge on any atom is 0.270 e. The zero-order valence-corrected chi connectivity index (χ0v) is 22.7. The third-order valence-corrected chi connectivity index (χ3v) is 7.63. The van der Waals surface area contributed by atoms with E-state index < -0.39 is 11.8 Å². The third-order valence-electron chi connectivity index (χ3n) is 6.10. The molecule has 0 spiro atoms. The van der Waals surface area contributed by atoms with Crippen molar-refractivity contribution in [2.75, 3.05) is 10.7 Å². The van der Waals surface area contributed by atoms with Crippen LogP contribution in [0.15, 0.2) is 83.4 Å². The number of anilines is 1. The molecule has 2 amide bonds. The van der Waals surface area contributed by atoms with E-state index in [1.165, 1.54) is 4.90 Å². The highest BCUT2D eigenvalue weighted by Gasteiger charge is 2.34. The van der Waals surface area contributed by atoms with Gasteiger partial charge in [-0.1, -0.05) is 35.9 Å². The molecule has 1 aliphatic heterocycles. The van der Waals surface area contributed by atoms with Gasteiger partial charge in [-0.2, -0.15) is 0 Å². The molecule has 186 valence electrons. The fourth-order valence-electron chi connectivity index (χ4n) is 4.50. The first kappa shape index (κ1) is 25.3. The lowest BCUT2D eigenvalue weighted by atomic mass is 10.1. The van der Waals surface area contributed by atoms with Crippen LogP contribution < -0.4 is 10.2 Å². The highest BCUT2D eigenvalue weighted by Crippen LogP contribution is 2.28.